The molecule has 0 bridgehead atoms. The molecule has 0 aliphatic carbocycles. The number of pyridine rings is 1. The number of aryl methyl sites for hydroxylation is 1. The summed E-state index contributed by atoms with van der Waals surface area (Å²) in [7, 11) is 1.53. The fraction of sp³-hybridized carbons (Fsp3) is 0.316. The Kier molecular flexibility index (Phi) is 4.68. The number of β-amino-alcohol motifs (C(OH)–C–C–N with tert-alkyl or cyclic N) is 1. The first-order valence-electron chi connectivity index (χ1n) is 8.85. The Morgan fingerprint density at radius 2 is 2.07 bits per heavy atom. The van der Waals surface area contributed by atoms with Crippen molar-refractivity contribution in [2.24, 2.45) is 7.05 Å². The highest BCUT2D eigenvalue weighted by molar-refractivity contribution is 5.77. The third-order valence-corrected chi connectivity index (χ3v) is 4.70. The molecule has 1 aliphatic rings. The first-order valence-corrected chi connectivity index (χ1v) is 8.85. The number of piperidine rings is 1. The van der Waals surface area contributed by atoms with E-state index in [-0.39, 0.29) is 11.5 Å². The molecule has 1 saturated heterocycles. The van der Waals surface area contributed by atoms with E-state index in [2.05, 4.69) is 9.97 Å². The molecule has 1 aromatic carbocycles. The summed E-state index contributed by atoms with van der Waals surface area (Å²) < 4.78 is 33.6. The average molecular weight is 388 g/mol. The van der Waals surface area contributed by atoms with Crippen LogP contribution in [0.25, 0.3) is 11.0 Å². The van der Waals surface area contributed by atoms with Gasteiger partial charge in [0.2, 0.25) is 5.95 Å². The van der Waals surface area contributed by atoms with Crippen LogP contribution in [-0.4, -0.2) is 38.8 Å². The van der Waals surface area contributed by atoms with Crippen LogP contribution in [0.15, 0.2) is 35.3 Å². The van der Waals surface area contributed by atoms with Crippen molar-refractivity contribution >= 4 is 17.0 Å². The van der Waals surface area contributed by atoms with E-state index < -0.39 is 23.3 Å². The molecule has 0 spiro atoms. The van der Waals surface area contributed by atoms with Gasteiger partial charge in [-0.1, -0.05) is 0 Å². The molecule has 3 aromatic rings. The summed E-state index contributed by atoms with van der Waals surface area (Å²) in [5.74, 6) is -1.58. The molecule has 28 heavy (non-hydrogen) atoms. The van der Waals surface area contributed by atoms with Crippen molar-refractivity contribution in [3.63, 3.8) is 0 Å². The minimum Gasteiger partial charge on any atom is -0.448 e. The van der Waals surface area contributed by atoms with Gasteiger partial charge in [-0.2, -0.15) is 4.98 Å². The second-order valence-electron chi connectivity index (χ2n) is 6.74. The van der Waals surface area contributed by atoms with Crippen molar-refractivity contribution in [2.45, 2.75) is 18.9 Å². The van der Waals surface area contributed by atoms with Crippen LogP contribution in [0.2, 0.25) is 0 Å². The summed E-state index contributed by atoms with van der Waals surface area (Å²) in [6.07, 6.45) is 2.69. The molecule has 1 atom stereocenters. The van der Waals surface area contributed by atoms with Crippen LogP contribution in [0, 0.1) is 11.6 Å². The van der Waals surface area contributed by atoms with Crippen LogP contribution in [0.4, 0.5) is 14.7 Å². The molecule has 7 nitrogen and oxygen atoms in total. The molecule has 3 heterocycles. The van der Waals surface area contributed by atoms with Crippen molar-refractivity contribution in [3.8, 4) is 11.5 Å². The van der Waals surface area contributed by atoms with Gasteiger partial charge in [0.15, 0.2) is 17.3 Å². The topological polar surface area (TPSA) is 80.5 Å². The molecule has 146 valence electrons. The second kappa shape index (κ2) is 7.16. The van der Waals surface area contributed by atoms with E-state index in [1.54, 1.807) is 6.20 Å². The quantitative estimate of drug-likeness (QED) is 0.742. The van der Waals surface area contributed by atoms with E-state index in [1.807, 2.05) is 4.90 Å². The zero-order valence-electron chi connectivity index (χ0n) is 15.1. The van der Waals surface area contributed by atoms with E-state index in [1.165, 1.54) is 17.7 Å². The molecule has 1 aliphatic heterocycles. The van der Waals surface area contributed by atoms with Gasteiger partial charge in [-0.05, 0) is 31.0 Å². The number of ether oxygens (including phenoxy) is 1. The predicted molar refractivity (Wildman–Crippen MR) is 98.7 cm³/mol. The Balaban J connectivity index is 1.72. The van der Waals surface area contributed by atoms with E-state index >= 15 is 0 Å². The fourth-order valence-corrected chi connectivity index (χ4v) is 3.25. The number of fused-ring (bicyclic) bond motifs is 1. The molecule has 1 unspecified atom stereocenters. The van der Waals surface area contributed by atoms with Gasteiger partial charge in [-0.15, -0.1) is 0 Å². The Hall–Kier alpha value is -3.07. The molecular formula is C19H18F2N4O3. The molecule has 2 aromatic heterocycles. The SMILES string of the molecule is Cn1c(=O)c(Oc2ccc(F)cc2F)cc2cnc(N3CCCC(O)C3)nc21. The number of aliphatic hydroxyl groups excluding tert-OH is 1. The lowest BCUT2D eigenvalue weighted by Gasteiger charge is -2.30. The third kappa shape index (κ3) is 3.40. The molecule has 1 fully saturated rings. The largest absolute Gasteiger partial charge is 0.448 e. The lowest BCUT2D eigenvalue weighted by molar-refractivity contribution is 0.153. The predicted octanol–water partition coefficient (Wildman–Crippen LogP) is 2.36. The first kappa shape index (κ1) is 18.3. The lowest BCUT2D eigenvalue weighted by Crippen LogP contribution is -2.39. The highest BCUT2D eigenvalue weighted by atomic mass is 19.1. The van der Waals surface area contributed by atoms with Crippen molar-refractivity contribution in [2.75, 3.05) is 18.0 Å². The maximum Gasteiger partial charge on any atom is 0.294 e. The number of rotatable bonds is 3. The van der Waals surface area contributed by atoms with Gasteiger partial charge < -0.3 is 14.7 Å². The van der Waals surface area contributed by atoms with E-state index in [0.29, 0.717) is 29.6 Å². The van der Waals surface area contributed by atoms with Crippen LogP contribution in [0.5, 0.6) is 11.5 Å². The molecule has 1 N–H and O–H groups in total. The molecule has 0 radical (unpaired) electrons. The number of anilines is 1. The van der Waals surface area contributed by atoms with Crippen LogP contribution in [-0.2, 0) is 7.05 Å². The van der Waals surface area contributed by atoms with Gasteiger partial charge in [0.25, 0.3) is 5.56 Å². The van der Waals surface area contributed by atoms with Gasteiger partial charge in [-0.25, -0.2) is 13.8 Å². The second-order valence-corrected chi connectivity index (χ2v) is 6.74. The first-order chi connectivity index (χ1) is 13.4. The zero-order chi connectivity index (χ0) is 19.8. The van der Waals surface area contributed by atoms with Crippen molar-refractivity contribution in [3.05, 3.63) is 52.5 Å². The van der Waals surface area contributed by atoms with Crippen molar-refractivity contribution in [1.82, 2.24) is 14.5 Å². The Morgan fingerprint density at radius 1 is 1.25 bits per heavy atom. The van der Waals surface area contributed by atoms with Gasteiger partial charge in [0, 0.05) is 37.8 Å². The van der Waals surface area contributed by atoms with Crippen molar-refractivity contribution < 1.29 is 18.6 Å². The molecule has 0 amide bonds. The standard InChI is InChI=1S/C19H18F2N4O3/c1-24-17-11(9-22-19(23-17)25-6-2-3-13(26)10-25)7-16(18(24)27)28-15-5-4-12(20)8-14(15)21/h4-5,7-9,13,26H,2-3,6,10H2,1H3. The summed E-state index contributed by atoms with van der Waals surface area (Å²) >= 11 is 0. The van der Waals surface area contributed by atoms with Crippen molar-refractivity contribution in [1.29, 1.82) is 0 Å². The minimum atomic E-state index is -0.905. The smallest absolute Gasteiger partial charge is 0.294 e. The van der Waals surface area contributed by atoms with Crippen LogP contribution < -0.4 is 15.2 Å². The molecular weight excluding hydrogens is 370 g/mol. The number of benzene rings is 1. The zero-order valence-corrected chi connectivity index (χ0v) is 15.1. The van der Waals surface area contributed by atoms with E-state index in [0.717, 1.165) is 31.5 Å². The summed E-state index contributed by atoms with van der Waals surface area (Å²) in [4.78, 5) is 23.3. The maximum absolute atomic E-state index is 13.8. The Morgan fingerprint density at radius 3 is 2.82 bits per heavy atom. The summed E-state index contributed by atoms with van der Waals surface area (Å²) in [5.41, 5.74) is -0.124. The fourth-order valence-electron chi connectivity index (χ4n) is 3.25. The normalized spacial score (nSPS) is 17.1. The Labute approximate surface area is 158 Å². The van der Waals surface area contributed by atoms with Gasteiger partial charge in [0.05, 0.1) is 6.10 Å². The van der Waals surface area contributed by atoms with Gasteiger partial charge in [0.1, 0.15) is 11.5 Å². The molecule has 0 saturated carbocycles. The highest BCUT2D eigenvalue weighted by Crippen LogP contribution is 2.25. The summed E-state index contributed by atoms with van der Waals surface area (Å²) in [6, 6.07) is 4.28. The Bertz CT molecular complexity index is 1100. The lowest BCUT2D eigenvalue weighted by atomic mass is 10.1. The highest BCUT2D eigenvalue weighted by Gasteiger charge is 2.21. The third-order valence-electron chi connectivity index (χ3n) is 4.70. The number of hydrogen-bond donors (Lipinski definition) is 1. The van der Waals surface area contributed by atoms with Gasteiger partial charge >= 0.3 is 0 Å². The monoisotopic (exact) mass is 388 g/mol. The number of aliphatic hydroxyl groups is 1. The van der Waals surface area contributed by atoms with E-state index in [9.17, 15) is 18.7 Å². The van der Waals surface area contributed by atoms with Crippen LogP contribution in [0.3, 0.4) is 0 Å². The van der Waals surface area contributed by atoms with Crippen LogP contribution in [0.1, 0.15) is 12.8 Å². The van der Waals surface area contributed by atoms with E-state index in [4.69, 9.17) is 4.74 Å². The molecule has 4 rings (SSSR count). The van der Waals surface area contributed by atoms with Crippen LogP contribution >= 0.6 is 0 Å². The maximum atomic E-state index is 13.8. The van der Waals surface area contributed by atoms with Gasteiger partial charge in [-0.3, -0.25) is 9.36 Å². The molecule has 9 heteroatoms. The number of nitrogens with zero attached hydrogens (tertiary/aromatic N) is 4. The summed E-state index contributed by atoms with van der Waals surface area (Å²) in [6.45, 7) is 1.16. The number of halogens is 2. The minimum absolute atomic E-state index is 0.120. The number of hydrogen-bond acceptors (Lipinski definition) is 6. The average Bonchev–Trinajstić information content (AvgIpc) is 2.67. The number of aromatic nitrogens is 3. The summed E-state index contributed by atoms with van der Waals surface area (Å²) in [5, 5.41) is 10.4.